The second-order valence-electron chi connectivity index (χ2n) is 10.1. The number of alkyl halides is 3. The molecule has 2 N–H and O–H groups in total. The highest BCUT2D eigenvalue weighted by molar-refractivity contribution is 7.14. The van der Waals surface area contributed by atoms with Crippen molar-refractivity contribution in [3.05, 3.63) is 75.0 Å². The standard InChI is InChI=1S/C29H32F3NO4S/c1-18-15-22(16-19(2)26(18)20-5-7-21(8-6-20)29(30,31)32)37-17-28(3,4)13-11-23-9-10-24(38-23)27(36)33-14-12-25(34)35/h5-10,15-16H,11-14,17H2,1-4H3,(H,33,36)(H,34,35). The molecule has 38 heavy (non-hydrogen) atoms. The van der Waals surface area contributed by atoms with Crippen molar-refractivity contribution in [2.45, 2.75) is 53.1 Å². The quantitative estimate of drug-likeness (QED) is 0.264. The molecule has 0 fully saturated rings. The Bertz CT molecular complexity index is 1260. The van der Waals surface area contributed by atoms with Crippen LogP contribution in [0.2, 0.25) is 0 Å². The molecule has 0 saturated heterocycles. The molecular formula is C29H32F3NO4S. The fraction of sp³-hybridized carbons (Fsp3) is 0.379. The molecule has 3 aromatic rings. The maximum atomic E-state index is 12.9. The van der Waals surface area contributed by atoms with Crippen LogP contribution in [0.4, 0.5) is 13.2 Å². The van der Waals surface area contributed by atoms with E-state index in [0.29, 0.717) is 17.2 Å². The number of rotatable bonds is 11. The van der Waals surface area contributed by atoms with Gasteiger partial charge in [-0.15, -0.1) is 11.3 Å². The highest BCUT2D eigenvalue weighted by atomic mass is 32.1. The Hall–Kier alpha value is -3.33. The van der Waals surface area contributed by atoms with E-state index in [0.717, 1.165) is 52.1 Å². The zero-order chi connectivity index (χ0) is 28.1. The first-order chi connectivity index (χ1) is 17.7. The van der Waals surface area contributed by atoms with Crippen LogP contribution in [0, 0.1) is 19.3 Å². The smallest absolute Gasteiger partial charge is 0.416 e. The van der Waals surface area contributed by atoms with Crippen LogP contribution in [0.25, 0.3) is 11.1 Å². The van der Waals surface area contributed by atoms with Crippen LogP contribution in [0.3, 0.4) is 0 Å². The summed E-state index contributed by atoms with van der Waals surface area (Å²) in [6.45, 7) is 8.62. The van der Waals surface area contributed by atoms with E-state index in [1.165, 1.54) is 23.5 Å². The van der Waals surface area contributed by atoms with E-state index in [2.05, 4.69) is 19.2 Å². The molecule has 204 valence electrons. The van der Waals surface area contributed by atoms with Crippen molar-refractivity contribution in [1.29, 1.82) is 0 Å². The summed E-state index contributed by atoms with van der Waals surface area (Å²) in [7, 11) is 0. The summed E-state index contributed by atoms with van der Waals surface area (Å²) in [6.07, 6.45) is -2.88. The molecular weight excluding hydrogens is 515 g/mol. The van der Waals surface area contributed by atoms with Gasteiger partial charge in [0, 0.05) is 11.4 Å². The van der Waals surface area contributed by atoms with E-state index in [1.807, 2.05) is 32.0 Å². The van der Waals surface area contributed by atoms with Crippen LogP contribution < -0.4 is 10.1 Å². The maximum absolute atomic E-state index is 12.9. The van der Waals surface area contributed by atoms with Crippen molar-refractivity contribution in [2.75, 3.05) is 13.2 Å². The molecule has 1 amide bonds. The minimum Gasteiger partial charge on any atom is -0.493 e. The van der Waals surface area contributed by atoms with Crippen molar-refractivity contribution in [3.8, 4) is 16.9 Å². The van der Waals surface area contributed by atoms with E-state index < -0.39 is 17.7 Å². The van der Waals surface area contributed by atoms with Gasteiger partial charge in [0.25, 0.3) is 5.91 Å². The summed E-state index contributed by atoms with van der Waals surface area (Å²) in [5.74, 6) is -0.516. The number of hydrogen-bond acceptors (Lipinski definition) is 4. The average Bonchev–Trinajstić information content (AvgIpc) is 3.30. The highest BCUT2D eigenvalue weighted by Gasteiger charge is 2.30. The molecule has 1 aromatic heterocycles. The lowest BCUT2D eigenvalue weighted by Crippen LogP contribution is -2.25. The number of nitrogens with one attached hydrogen (secondary N) is 1. The average molecular weight is 548 g/mol. The SMILES string of the molecule is Cc1cc(OCC(C)(C)CCc2ccc(C(=O)NCCC(=O)O)s2)cc(C)c1-c1ccc(C(F)(F)F)cc1. The molecule has 0 radical (unpaired) electrons. The Morgan fingerprint density at radius 2 is 1.63 bits per heavy atom. The number of carbonyl (C=O) groups excluding carboxylic acids is 1. The normalized spacial score (nSPS) is 11.9. The summed E-state index contributed by atoms with van der Waals surface area (Å²) in [4.78, 5) is 24.4. The van der Waals surface area contributed by atoms with Gasteiger partial charge in [0.15, 0.2) is 0 Å². The molecule has 0 bridgehead atoms. The Morgan fingerprint density at radius 1 is 1.00 bits per heavy atom. The predicted octanol–water partition coefficient (Wildman–Crippen LogP) is 7.29. The molecule has 0 unspecified atom stereocenters. The molecule has 3 rings (SSSR count). The lowest BCUT2D eigenvalue weighted by atomic mass is 9.88. The summed E-state index contributed by atoms with van der Waals surface area (Å²) in [5.41, 5.74) is 2.64. The van der Waals surface area contributed by atoms with E-state index in [4.69, 9.17) is 9.84 Å². The number of benzene rings is 2. The number of aliphatic carboxylic acids is 1. The molecule has 0 aliphatic heterocycles. The van der Waals surface area contributed by atoms with Gasteiger partial charge in [-0.3, -0.25) is 9.59 Å². The summed E-state index contributed by atoms with van der Waals surface area (Å²) in [5, 5.41) is 11.3. The second kappa shape index (κ2) is 12.0. The fourth-order valence-corrected chi connectivity index (χ4v) is 5.03. The van der Waals surface area contributed by atoms with Crippen LogP contribution in [-0.2, 0) is 17.4 Å². The van der Waals surface area contributed by atoms with Gasteiger partial charge in [-0.25, -0.2) is 0 Å². The predicted molar refractivity (Wildman–Crippen MR) is 143 cm³/mol. The van der Waals surface area contributed by atoms with Crippen molar-refractivity contribution >= 4 is 23.2 Å². The first-order valence-corrected chi connectivity index (χ1v) is 13.1. The van der Waals surface area contributed by atoms with Crippen LogP contribution in [-0.4, -0.2) is 30.1 Å². The first-order valence-electron chi connectivity index (χ1n) is 12.3. The molecule has 5 nitrogen and oxygen atoms in total. The van der Waals surface area contributed by atoms with Crippen molar-refractivity contribution in [1.82, 2.24) is 5.32 Å². The monoisotopic (exact) mass is 547 g/mol. The Morgan fingerprint density at radius 3 is 2.21 bits per heavy atom. The third-order valence-electron chi connectivity index (χ3n) is 6.19. The van der Waals surface area contributed by atoms with Crippen LogP contribution >= 0.6 is 11.3 Å². The zero-order valence-electron chi connectivity index (χ0n) is 21.9. The third-order valence-corrected chi connectivity index (χ3v) is 7.34. The number of halogens is 3. The molecule has 0 aliphatic carbocycles. The van der Waals surface area contributed by atoms with Gasteiger partial charge in [0.05, 0.1) is 23.5 Å². The van der Waals surface area contributed by atoms with Gasteiger partial charge in [-0.2, -0.15) is 13.2 Å². The van der Waals surface area contributed by atoms with Crippen LogP contribution in [0.5, 0.6) is 5.75 Å². The van der Waals surface area contributed by atoms with Crippen LogP contribution in [0.1, 0.15) is 57.9 Å². The largest absolute Gasteiger partial charge is 0.493 e. The molecule has 2 aromatic carbocycles. The van der Waals surface area contributed by atoms with Crippen molar-refractivity contribution in [3.63, 3.8) is 0 Å². The van der Waals surface area contributed by atoms with Crippen LogP contribution in [0.15, 0.2) is 48.5 Å². The minimum absolute atomic E-state index is 0.0933. The topological polar surface area (TPSA) is 75.6 Å². The van der Waals surface area contributed by atoms with Gasteiger partial charge in [0.2, 0.25) is 0 Å². The number of carbonyl (C=O) groups is 2. The Balaban J connectivity index is 1.57. The van der Waals surface area contributed by atoms with Crippen molar-refractivity contribution in [2.24, 2.45) is 5.41 Å². The molecule has 0 aliphatic rings. The number of thiophene rings is 1. The number of carboxylic acid groups (broad SMARTS) is 1. The zero-order valence-corrected chi connectivity index (χ0v) is 22.7. The van der Waals surface area contributed by atoms with E-state index >= 15 is 0 Å². The molecule has 0 spiro atoms. The number of aryl methyl sites for hydroxylation is 3. The summed E-state index contributed by atoms with van der Waals surface area (Å²) < 4.78 is 44.9. The van der Waals surface area contributed by atoms with Gasteiger partial charge in [0.1, 0.15) is 5.75 Å². The Kier molecular flexibility index (Phi) is 9.25. The highest BCUT2D eigenvalue weighted by Crippen LogP contribution is 2.35. The van der Waals surface area contributed by atoms with Gasteiger partial charge in [-0.1, -0.05) is 26.0 Å². The number of hydrogen-bond donors (Lipinski definition) is 2. The lowest BCUT2D eigenvalue weighted by Gasteiger charge is -2.25. The molecule has 9 heteroatoms. The third kappa shape index (κ3) is 8.08. The lowest BCUT2D eigenvalue weighted by molar-refractivity contribution is -0.138. The summed E-state index contributed by atoms with van der Waals surface area (Å²) in [6, 6.07) is 12.7. The molecule has 0 saturated carbocycles. The fourth-order valence-electron chi connectivity index (χ4n) is 4.11. The second-order valence-corrected chi connectivity index (χ2v) is 11.3. The Labute approximate surface area is 224 Å². The van der Waals surface area contributed by atoms with Gasteiger partial charge < -0.3 is 15.2 Å². The minimum atomic E-state index is -4.36. The maximum Gasteiger partial charge on any atom is 0.416 e. The van der Waals surface area contributed by atoms with E-state index in [9.17, 15) is 22.8 Å². The summed E-state index contributed by atoms with van der Waals surface area (Å²) >= 11 is 1.40. The number of ether oxygens (including phenoxy) is 1. The van der Waals surface area contributed by atoms with Crippen molar-refractivity contribution < 1.29 is 32.6 Å². The number of carboxylic acids is 1. The number of amides is 1. The van der Waals surface area contributed by atoms with Gasteiger partial charge in [-0.05, 0) is 90.8 Å². The van der Waals surface area contributed by atoms with Gasteiger partial charge >= 0.3 is 12.1 Å². The molecule has 1 heterocycles. The molecule has 0 atom stereocenters. The first kappa shape index (κ1) is 29.2. The van der Waals surface area contributed by atoms with E-state index in [-0.39, 0.29) is 24.3 Å². The van der Waals surface area contributed by atoms with E-state index in [1.54, 1.807) is 6.07 Å².